The van der Waals surface area contributed by atoms with E-state index < -0.39 is 21.8 Å². The Balaban J connectivity index is 1.59. The number of benzene rings is 1. The Labute approximate surface area is 151 Å². The zero-order valence-electron chi connectivity index (χ0n) is 14.1. The van der Waals surface area contributed by atoms with E-state index in [-0.39, 0.29) is 29.1 Å². The number of nitrogens with zero attached hydrogens (tertiary/aromatic N) is 2. The predicted octanol–water partition coefficient (Wildman–Crippen LogP) is 1.30. The lowest BCUT2D eigenvalue weighted by Gasteiger charge is -2.42. The number of sulfonamides is 1. The van der Waals surface area contributed by atoms with E-state index in [4.69, 9.17) is 10.4 Å². The SMILES string of the molecule is N#Cc1ccc(S(=O)(=O)NC2CC(N(CC(=O)O)CC3CC3)C2)cc1F. The van der Waals surface area contributed by atoms with Crippen LogP contribution in [-0.4, -0.2) is 49.6 Å². The molecular formula is C17H20FN3O4S. The van der Waals surface area contributed by atoms with Gasteiger partial charge in [0.15, 0.2) is 0 Å². The number of nitrogens with one attached hydrogen (secondary N) is 1. The van der Waals surface area contributed by atoms with Crippen LogP contribution in [0.4, 0.5) is 4.39 Å². The van der Waals surface area contributed by atoms with Crippen LogP contribution in [0.2, 0.25) is 0 Å². The Hall–Kier alpha value is -2.02. The Kier molecular flexibility index (Phi) is 5.27. The molecule has 2 aliphatic rings. The molecule has 0 unspecified atom stereocenters. The van der Waals surface area contributed by atoms with Crippen molar-refractivity contribution in [3.63, 3.8) is 0 Å². The third-order valence-corrected chi connectivity index (χ3v) is 6.37. The molecule has 1 aromatic carbocycles. The number of carboxylic acid groups (broad SMARTS) is 1. The van der Waals surface area contributed by atoms with Crippen molar-refractivity contribution < 1.29 is 22.7 Å². The smallest absolute Gasteiger partial charge is 0.317 e. The molecule has 2 fully saturated rings. The normalized spacial score (nSPS) is 22.7. The average molecular weight is 381 g/mol. The van der Waals surface area contributed by atoms with Crippen molar-refractivity contribution in [3.8, 4) is 6.07 Å². The van der Waals surface area contributed by atoms with Gasteiger partial charge in [-0.15, -0.1) is 0 Å². The van der Waals surface area contributed by atoms with E-state index in [2.05, 4.69) is 4.72 Å². The number of carboxylic acids is 1. The maximum absolute atomic E-state index is 13.7. The molecule has 26 heavy (non-hydrogen) atoms. The highest BCUT2D eigenvalue weighted by Crippen LogP contribution is 2.34. The fraction of sp³-hybridized carbons (Fsp3) is 0.529. The van der Waals surface area contributed by atoms with E-state index >= 15 is 0 Å². The van der Waals surface area contributed by atoms with Crippen molar-refractivity contribution in [2.24, 2.45) is 5.92 Å². The van der Waals surface area contributed by atoms with Gasteiger partial charge < -0.3 is 5.11 Å². The molecule has 9 heteroatoms. The van der Waals surface area contributed by atoms with Gasteiger partial charge in [0.1, 0.15) is 11.9 Å². The van der Waals surface area contributed by atoms with E-state index in [1.165, 1.54) is 6.07 Å². The Morgan fingerprint density at radius 2 is 2.08 bits per heavy atom. The molecule has 0 spiro atoms. The molecule has 0 bridgehead atoms. The van der Waals surface area contributed by atoms with Crippen molar-refractivity contribution >= 4 is 16.0 Å². The molecule has 3 rings (SSSR count). The average Bonchev–Trinajstić information content (AvgIpc) is 3.33. The minimum Gasteiger partial charge on any atom is -0.480 e. The first-order chi connectivity index (χ1) is 12.3. The summed E-state index contributed by atoms with van der Waals surface area (Å²) in [6.45, 7) is 0.693. The van der Waals surface area contributed by atoms with Gasteiger partial charge in [-0.05, 0) is 49.8 Å². The van der Waals surface area contributed by atoms with E-state index in [1.807, 2.05) is 4.90 Å². The first kappa shape index (κ1) is 18.8. The van der Waals surface area contributed by atoms with Crippen LogP contribution in [-0.2, 0) is 14.8 Å². The maximum Gasteiger partial charge on any atom is 0.317 e. The molecule has 0 radical (unpaired) electrons. The third-order valence-electron chi connectivity index (χ3n) is 4.85. The summed E-state index contributed by atoms with van der Waals surface area (Å²) >= 11 is 0. The molecule has 140 valence electrons. The molecule has 0 amide bonds. The van der Waals surface area contributed by atoms with Crippen LogP contribution in [0, 0.1) is 23.1 Å². The molecule has 0 aliphatic heterocycles. The first-order valence-electron chi connectivity index (χ1n) is 8.46. The standard InChI is InChI=1S/C17H20FN3O4S/c18-16-7-15(4-3-12(16)8-19)26(24,25)20-13-5-14(6-13)21(10-17(22)23)9-11-1-2-11/h3-4,7,11,13-14,20H,1-2,5-6,9-10H2,(H,22,23). The third kappa shape index (κ3) is 4.38. The topological polar surface area (TPSA) is 110 Å². The van der Waals surface area contributed by atoms with Crippen molar-refractivity contribution in [2.75, 3.05) is 13.1 Å². The van der Waals surface area contributed by atoms with Crippen LogP contribution in [0.5, 0.6) is 0 Å². The second-order valence-electron chi connectivity index (χ2n) is 6.96. The van der Waals surface area contributed by atoms with E-state index in [9.17, 15) is 17.6 Å². The molecule has 2 saturated carbocycles. The Bertz CT molecular complexity index is 842. The molecule has 0 aromatic heterocycles. The minimum absolute atomic E-state index is 0.0390. The fourth-order valence-electron chi connectivity index (χ4n) is 3.17. The number of nitriles is 1. The van der Waals surface area contributed by atoms with Crippen LogP contribution < -0.4 is 4.72 Å². The van der Waals surface area contributed by atoms with Crippen molar-refractivity contribution in [1.29, 1.82) is 5.26 Å². The van der Waals surface area contributed by atoms with Gasteiger partial charge in [-0.25, -0.2) is 17.5 Å². The minimum atomic E-state index is -3.88. The second kappa shape index (κ2) is 7.31. The zero-order valence-corrected chi connectivity index (χ0v) is 14.9. The summed E-state index contributed by atoms with van der Waals surface area (Å²) in [7, 11) is -3.88. The molecule has 2 aliphatic carbocycles. The molecule has 0 atom stereocenters. The summed E-state index contributed by atoms with van der Waals surface area (Å²) in [6.07, 6.45) is 3.28. The van der Waals surface area contributed by atoms with Crippen molar-refractivity contribution in [3.05, 3.63) is 29.6 Å². The molecule has 0 saturated heterocycles. The number of hydrogen-bond acceptors (Lipinski definition) is 5. The van der Waals surface area contributed by atoms with Gasteiger partial charge in [-0.2, -0.15) is 5.26 Å². The van der Waals surface area contributed by atoms with Crippen molar-refractivity contribution in [1.82, 2.24) is 9.62 Å². The molecule has 1 aromatic rings. The van der Waals surface area contributed by atoms with Gasteiger partial charge in [0.25, 0.3) is 0 Å². The van der Waals surface area contributed by atoms with Crippen LogP contribution in [0.25, 0.3) is 0 Å². The zero-order chi connectivity index (χ0) is 18.9. The molecule has 0 heterocycles. The number of hydrogen-bond donors (Lipinski definition) is 2. The summed E-state index contributed by atoms with van der Waals surface area (Å²) in [5.41, 5.74) is -0.211. The number of carbonyl (C=O) groups is 1. The highest BCUT2D eigenvalue weighted by atomic mass is 32.2. The summed E-state index contributed by atoms with van der Waals surface area (Å²) < 4.78 is 40.9. The lowest BCUT2D eigenvalue weighted by Crippen LogP contribution is -2.55. The number of halogens is 1. The van der Waals surface area contributed by atoms with Gasteiger partial charge >= 0.3 is 5.97 Å². The van der Waals surface area contributed by atoms with Gasteiger partial charge in [0, 0.05) is 18.6 Å². The lowest BCUT2D eigenvalue weighted by molar-refractivity contribution is -0.139. The van der Waals surface area contributed by atoms with Gasteiger partial charge in [0.2, 0.25) is 10.0 Å². The summed E-state index contributed by atoms with van der Waals surface area (Å²) in [5.74, 6) is -1.21. The number of rotatable bonds is 8. The van der Waals surface area contributed by atoms with Crippen LogP contribution in [0.15, 0.2) is 23.1 Å². The van der Waals surface area contributed by atoms with E-state index in [1.54, 1.807) is 6.07 Å². The van der Waals surface area contributed by atoms with Crippen LogP contribution in [0.1, 0.15) is 31.2 Å². The Morgan fingerprint density at radius 1 is 1.38 bits per heavy atom. The second-order valence-corrected chi connectivity index (χ2v) is 8.68. The summed E-state index contributed by atoms with van der Waals surface area (Å²) in [6, 6.07) is 4.55. The highest BCUT2D eigenvalue weighted by molar-refractivity contribution is 7.89. The largest absolute Gasteiger partial charge is 0.480 e. The maximum atomic E-state index is 13.7. The van der Waals surface area contributed by atoms with Gasteiger partial charge in [0.05, 0.1) is 17.0 Å². The molecule has 2 N–H and O–H groups in total. The highest BCUT2D eigenvalue weighted by Gasteiger charge is 2.38. The van der Waals surface area contributed by atoms with Gasteiger partial charge in [-0.3, -0.25) is 9.69 Å². The van der Waals surface area contributed by atoms with E-state index in [0.717, 1.165) is 31.5 Å². The summed E-state index contributed by atoms with van der Waals surface area (Å²) in [4.78, 5) is 12.7. The fourth-order valence-corrected chi connectivity index (χ4v) is 4.45. The molecular weight excluding hydrogens is 361 g/mol. The Morgan fingerprint density at radius 3 is 2.62 bits per heavy atom. The summed E-state index contributed by atoms with van der Waals surface area (Å²) in [5, 5.41) is 17.8. The van der Waals surface area contributed by atoms with Crippen molar-refractivity contribution in [2.45, 2.75) is 42.7 Å². The molecule has 7 nitrogen and oxygen atoms in total. The first-order valence-corrected chi connectivity index (χ1v) is 9.94. The predicted molar refractivity (Wildman–Crippen MR) is 90.2 cm³/mol. The van der Waals surface area contributed by atoms with Gasteiger partial charge in [-0.1, -0.05) is 0 Å². The van der Waals surface area contributed by atoms with Crippen LogP contribution >= 0.6 is 0 Å². The monoisotopic (exact) mass is 381 g/mol. The van der Waals surface area contributed by atoms with E-state index in [0.29, 0.717) is 18.8 Å². The number of aliphatic carboxylic acids is 1. The van der Waals surface area contributed by atoms with Crippen LogP contribution in [0.3, 0.4) is 0 Å². The lowest BCUT2D eigenvalue weighted by atomic mass is 9.86. The quantitative estimate of drug-likeness (QED) is 0.702.